The minimum atomic E-state index is -0.420. The lowest BCUT2D eigenvalue weighted by atomic mass is 10.0. The summed E-state index contributed by atoms with van der Waals surface area (Å²) in [6.45, 7) is 2.01. The summed E-state index contributed by atoms with van der Waals surface area (Å²) in [5, 5.41) is 8.30. The molecule has 5 nitrogen and oxygen atoms in total. The molecule has 0 spiro atoms. The SMILES string of the molecule is C[NH+]1CCc2c(sc3c2C(=O)N[C@@H](c2ccc(-c4cccc(Cl)c4Cl)o2)N3)C1. The van der Waals surface area contributed by atoms with Crippen molar-refractivity contribution in [2.75, 3.05) is 18.9 Å². The molecule has 0 radical (unpaired) electrons. The van der Waals surface area contributed by atoms with Crippen LogP contribution in [-0.2, 0) is 13.0 Å². The Morgan fingerprint density at radius 2 is 2.07 bits per heavy atom. The summed E-state index contributed by atoms with van der Waals surface area (Å²) in [5.41, 5.74) is 2.72. The van der Waals surface area contributed by atoms with Gasteiger partial charge < -0.3 is 20.0 Å². The van der Waals surface area contributed by atoms with Crippen LogP contribution < -0.4 is 15.5 Å². The third kappa shape index (κ3) is 2.92. The highest BCUT2D eigenvalue weighted by Crippen LogP contribution is 2.40. The number of hydrogen-bond acceptors (Lipinski definition) is 4. The Morgan fingerprint density at radius 1 is 1.21 bits per heavy atom. The van der Waals surface area contributed by atoms with Crippen LogP contribution in [0, 0.1) is 0 Å². The first kappa shape index (κ1) is 18.1. The smallest absolute Gasteiger partial charge is 0.256 e. The number of rotatable bonds is 2. The molecule has 8 heteroatoms. The van der Waals surface area contributed by atoms with Gasteiger partial charge in [-0.1, -0.05) is 29.3 Å². The van der Waals surface area contributed by atoms with Crippen LogP contribution in [0.3, 0.4) is 0 Å². The number of halogens is 2. The molecule has 3 aromatic rings. The molecule has 0 fully saturated rings. The van der Waals surface area contributed by atoms with Crippen LogP contribution in [0.1, 0.15) is 32.7 Å². The van der Waals surface area contributed by atoms with E-state index in [9.17, 15) is 4.79 Å². The van der Waals surface area contributed by atoms with Crippen molar-refractivity contribution in [3.05, 3.63) is 62.1 Å². The number of hydrogen-bond donors (Lipinski definition) is 3. The molecular formula is C20H18Cl2N3O2S+. The van der Waals surface area contributed by atoms with E-state index < -0.39 is 6.17 Å². The molecule has 144 valence electrons. The summed E-state index contributed by atoms with van der Waals surface area (Å²) < 4.78 is 6.01. The van der Waals surface area contributed by atoms with Gasteiger partial charge in [0.05, 0.1) is 34.1 Å². The Morgan fingerprint density at radius 3 is 2.93 bits per heavy atom. The third-order valence-corrected chi connectivity index (χ3v) is 7.24. The van der Waals surface area contributed by atoms with Gasteiger partial charge in [-0.3, -0.25) is 4.79 Å². The summed E-state index contributed by atoms with van der Waals surface area (Å²) in [5.74, 6) is 1.19. The summed E-state index contributed by atoms with van der Waals surface area (Å²) >= 11 is 14.1. The van der Waals surface area contributed by atoms with Gasteiger partial charge >= 0.3 is 0 Å². The minimum Gasteiger partial charge on any atom is -0.457 e. The van der Waals surface area contributed by atoms with Gasteiger partial charge in [0.25, 0.3) is 5.91 Å². The lowest BCUT2D eigenvalue weighted by Gasteiger charge is -2.25. The molecule has 0 bridgehead atoms. The number of fused-ring (bicyclic) bond motifs is 3. The van der Waals surface area contributed by atoms with E-state index in [1.54, 1.807) is 17.4 Å². The van der Waals surface area contributed by atoms with E-state index in [0.717, 1.165) is 35.6 Å². The zero-order chi connectivity index (χ0) is 19.4. The minimum absolute atomic E-state index is 0.0467. The van der Waals surface area contributed by atoms with Crippen LogP contribution >= 0.6 is 34.5 Å². The first-order chi connectivity index (χ1) is 13.5. The van der Waals surface area contributed by atoms with Gasteiger partial charge in [0.1, 0.15) is 23.1 Å². The maximum Gasteiger partial charge on any atom is 0.256 e. The van der Waals surface area contributed by atoms with Crippen LogP contribution in [-0.4, -0.2) is 19.5 Å². The van der Waals surface area contributed by atoms with Gasteiger partial charge in [-0.15, -0.1) is 11.3 Å². The van der Waals surface area contributed by atoms with Crippen molar-refractivity contribution < 1.29 is 14.1 Å². The number of amides is 1. The van der Waals surface area contributed by atoms with Crippen LogP contribution in [0.2, 0.25) is 10.0 Å². The van der Waals surface area contributed by atoms with Crippen molar-refractivity contribution in [3.8, 4) is 11.3 Å². The number of anilines is 1. The quantitative estimate of drug-likeness (QED) is 0.575. The standard InChI is InChI=1S/C20H17Cl2N3O2S/c1-25-8-7-11-15(9-25)28-20-16(11)19(26)23-18(24-20)14-6-5-13(27-14)10-3-2-4-12(21)17(10)22/h2-6,18,24H,7-9H2,1H3,(H,23,26)/p+1/t18-/m1/s1. The van der Waals surface area contributed by atoms with E-state index in [1.807, 2.05) is 24.3 Å². The van der Waals surface area contributed by atoms with E-state index >= 15 is 0 Å². The normalized spacial score (nSPS) is 20.9. The molecule has 2 aliphatic heterocycles. The van der Waals surface area contributed by atoms with Crippen molar-refractivity contribution in [1.29, 1.82) is 0 Å². The summed E-state index contributed by atoms with van der Waals surface area (Å²) in [4.78, 5) is 15.6. The lowest BCUT2D eigenvalue weighted by Crippen LogP contribution is -3.08. The fraction of sp³-hybridized carbons (Fsp3) is 0.250. The second kappa shape index (κ2) is 6.81. The number of thiophene rings is 1. The molecule has 2 aromatic heterocycles. The molecule has 0 aliphatic carbocycles. The molecule has 0 saturated carbocycles. The van der Waals surface area contributed by atoms with Gasteiger partial charge in [-0.05, 0) is 29.8 Å². The number of nitrogens with one attached hydrogen (secondary N) is 3. The average molecular weight is 435 g/mol. The Labute approximate surface area is 176 Å². The lowest BCUT2D eigenvalue weighted by molar-refractivity contribution is -0.895. The molecule has 1 amide bonds. The van der Waals surface area contributed by atoms with Gasteiger partial charge in [0, 0.05) is 12.0 Å². The highest BCUT2D eigenvalue weighted by atomic mass is 35.5. The number of quaternary nitrogens is 1. The second-order valence-electron chi connectivity index (χ2n) is 7.20. The summed E-state index contributed by atoms with van der Waals surface area (Å²) in [6, 6.07) is 9.11. The summed E-state index contributed by atoms with van der Waals surface area (Å²) in [7, 11) is 2.18. The number of furan rings is 1. The highest BCUT2D eigenvalue weighted by Gasteiger charge is 2.34. The maximum absolute atomic E-state index is 12.8. The topological polar surface area (TPSA) is 58.7 Å². The molecule has 0 saturated heterocycles. The van der Waals surface area contributed by atoms with Crippen molar-refractivity contribution >= 4 is 45.4 Å². The maximum atomic E-state index is 12.8. The number of carbonyl (C=O) groups is 1. The van der Waals surface area contributed by atoms with Gasteiger partial charge in [-0.2, -0.15) is 0 Å². The largest absolute Gasteiger partial charge is 0.457 e. The average Bonchev–Trinajstić information content (AvgIpc) is 3.28. The monoisotopic (exact) mass is 434 g/mol. The van der Waals surface area contributed by atoms with E-state index in [-0.39, 0.29) is 5.91 Å². The molecule has 28 heavy (non-hydrogen) atoms. The van der Waals surface area contributed by atoms with Gasteiger partial charge in [0.15, 0.2) is 6.17 Å². The Hall–Kier alpha value is -1.99. The molecule has 1 aromatic carbocycles. The Kier molecular flexibility index (Phi) is 4.39. The molecule has 5 rings (SSSR count). The van der Waals surface area contributed by atoms with Gasteiger partial charge in [-0.25, -0.2) is 0 Å². The first-order valence-corrected chi connectivity index (χ1v) is 10.7. The first-order valence-electron chi connectivity index (χ1n) is 9.08. The molecule has 1 unspecified atom stereocenters. The highest BCUT2D eigenvalue weighted by molar-refractivity contribution is 7.16. The van der Waals surface area contributed by atoms with Crippen molar-refractivity contribution in [2.24, 2.45) is 0 Å². The third-order valence-electron chi connectivity index (χ3n) is 5.26. The van der Waals surface area contributed by atoms with Crippen molar-refractivity contribution in [3.63, 3.8) is 0 Å². The number of likely N-dealkylation sites (N-methyl/N-ethyl adjacent to an activating group) is 1. The molecule has 4 heterocycles. The predicted molar refractivity (Wildman–Crippen MR) is 111 cm³/mol. The zero-order valence-electron chi connectivity index (χ0n) is 15.1. The zero-order valence-corrected chi connectivity index (χ0v) is 17.4. The van der Waals surface area contributed by atoms with Crippen LogP contribution in [0.15, 0.2) is 34.7 Å². The number of carbonyl (C=O) groups excluding carboxylic acids is 1. The molecule has 3 N–H and O–H groups in total. The number of benzene rings is 1. The van der Waals surface area contributed by atoms with E-state index in [1.165, 1.54) is 15.3 Å². The predicted octanol–water partition coefficient (Wildman–Crippen LogP) is 3.74. The van der Waals surface area contributed by atoms with Gasteiger partial charge in [0.2, 0.25) is 0 Å². The van der Waals surface area contributed by atoms with Crippen LogP contribution in [0.5, 0.6) is 0 Å². The fourth-order valence-electron chi connectivity index (χ4n) is 3.82. The molecule has 2 aliphatic rings. The fourth-order valence-corrected chi connectivity index (χ4v) is 5.60. The van der Waals surface area contributed by atoms with Crippen LogP contribution in [0.4, 0.5) is 5.00 Å². The Balaban J connectivity index is 1.46. The Bertz CT molecular complexity index is 1090. The van der Waals surface area contributed by atoms with Crippen molar-refractivity contribution in [2.45, 2.75) is 19.1 Å². The molecular weight excluding hydrogens is 417 g/mol. The van der Waals surface area contributed by atoms with E-state index in [4.69, 9.17) is 27.6 Å². The van der Waals surface area contributed by atoms with Crippen molar-refractivity contribution in [1.82, 2.24) is 5.32 Å². The van der Waals surface area contributed by atoms with Crippen LogP contribution in [0.25, 0.3) is 11.3 Å². The summed E-state index contributed by atoms with van der Waals surface area (Å²) in [6.07, 6.45) is 0.516. The molecule has 2 atom stereocenters. The second-order valence-corrected chi connectivity index (χ2v) is 9.09. The van der Waals surface area contributed by atoms with E-state index in [2.05, 4.69) is 17.7 Å². The van der Waals surface area contributed by atoms with E-state index in [0.29, 0.717) is 21.6 Å².